The van der Waals surface area contributed by atoms with Gasteiger partial charge in [-0.05, 0) is 37.6 Å². The summed E-state index contributed by atoms with van der Waals surface area (Å²) >= 11 is 5.85. The second kappa shape index (κ2) is 6.26. The molecule has 0 fully saturated rings. The summed E-state index contributed by atoms with van der Waals surface area (Å²) in [6.45, 7) is 2.92. The van der Waals surface area contributed by atoms with E-state index in [-0.39, 0.29) is 6.61 Å². The van der Waals surface area contributed by atoms with Gasteiger partial charge in [0.15, 0.2) is 12.7 Å². The molecule has 0 unspecified atom stereocenters. The van der Waals surface area contributed by atoms with Crippen LogP contribution in [0.2, 0.25) is 5.02 Å². The van der Waals surface area contributed by atoms with E-state index < -0.39 is 18.0 Å². The van der Waals surface area contributed by atoms with Gasteiger partial charge in [-0.2, -0.15) is 0 Å². The summed E-state index contributed by atoms with van der Waals surface area (Å²) in [5.41, 5.74) is 5.80. The van der Waals surface area contributed by atoms with Crippen molar-refractivity contribution in [2.24, 2.45) is 5.73 Å². The number of ether oxygens (including phenoxy) is 2. The lowest BCUT2D eigenvalue weighted by molar-refractivity contribution is -0.155. The first-order chi connectivity index (χ1) is 8.40. The van der Waals surface area contributed by atoms with Gasteiger partial charge in [0.1, 0.15) is 5.75 Å². The Labute approximate surface area is 110 Å². The van der Waals surface area contributed by atoms with Gasteiger partial charge in [-0.1, -0.05) is 11.6 Å². The highest BCUT2D eigenvalue weighted by Gasteiger charge is 2.14. The zero-order valence-electron chi connectivity index (χ0n) is 10.1. The Hall–Kier alpha value is -1.75. The van der Waals surface area contributed by atoms with E-state index in [1.165, 1.54) is 6.92 Å². The lowest BCUT2D eigenvalue weighted by atomic mass is 10.2. The maximum Gasteiger partial charge on any atom is 0.344 e. The molecule has 1 atom stereocenters. The number of carbonyl (C=O) groups is 2. The summed E-state index contributed by atoms with van der Waals surface area (Å²) in [6, 6.07) is 5.01. The SMILES string of the molecule is Cc1cc(OCC(=O)O[C@@H](C)C(N)=O)ccc1Cl. The summed E-state index contributed by atoms with van der Waals surface area (Å²) in [6.07, 6.45) is -0.965. The minimum Gasteiger partial charge on any atom is -0.482 e. The third kappa shape index (κ3) is 4.25. The normalized spacial score (nSPS) is 11.7. The van der Waals surface area contributed by atoms with Crippen molar-refractivity contribution >= 4 is 23.5 Å². The Morgan fingerprint density at radius 1 is 1.44 bits per heavy atom. The molecule has 1 amide bonds. The van der Waals surface area contributed by atoms with E-state index in [4.69, 9.17) is 26.8 Å². The van der Waals surface area contributed by atoms with Crippen LogP contribution in [0.15, 0.2) is 18.2 Å². The molecule has 0 spiro atoms. The Bertz CT molecular complexity index is 461. The molecule has 6 heteroatoms. The first kappa shape index (κ1) is 14.3. The number of amides is 1. The molecule has 0 aliphatic carbocycles. The van der Waals surface area contributed by atoms with Gasteiger partial charge >= 0.3 is 5.97 Å². The van der Waals surface area contributed by atoms with E-state index in [9.17, 15) is 9.59 Å². The predicted octanol–water partition coefficient (Wildman–Crippen LogP) is 1.44. The van der Waals surface area contributed by atoms with E-state index in [0.717, 1.165) is 5.56 Å². The molecule has 98 valence electrons. The zero-order valence-corrected chi connectivity index (χ0v) is 10.9. The fraction of sp³-hybridized carbons (Fsp3) is 0.333. The summed E-state index contributed by atoms with van der Waals surface area (Å²) in [4.78, 5) is 22.0. The van der Waals surface area contributed by atoms with E-state index in [1.807, 2.05) is 6.92 Å². The van der Waals surface area contributed by atoms with Crippen molar-refractivity contribution in [2.75, 3.05) is 6.61 Å². The van der Waals surface area contributed by atoms with Gasteiger partial charge in [-0.25, -0.2) is 4.79 Å². The molecule has 0 saturated heterocycles. The lowest BCUT2D eigenvalue weighted by Crippen LogP contribution is -2.32. The molecule has 0 saturated carbocycles. The molecule has 0 aliphatic rings. The molecule has 0 aromatic heterocycles. The maximum atomic E-state index is 11.3. The van der Waals surface area contributed by atoms with Gasteiger partial charge in [-0.15, -0.1) is 0 Å². The Kier molecular flexibility index (Phi) is 4.97. The highest BCUT2D eigenvalue weighted by molar-refractivity contribution is 6.31. The number of benzene rings is 1. The fourth-order valence-electron chi connectivity index (χ4n) is 1.14. The molecule has 2 N–H and O–H groups in total. The number of esters is 1. The van der Waals surface area contributed by atoms with Crippen LogP contribution >= 0.6 is 11.6 Å². The van der Waals surface area contributed by atoms with E-state index in [0.29, 0.717) is 10.8 Å². The summed E-state index contributed by atoms with van der Waals surface area (Å²) in [7, 11) is 0. The van der Waals surface area contributed by atoms with Crippen molar-refractivity contribution in [3.8, 4) is 5.75 Å². The third-order valence-corrected chi connectivity index (χ3v) is 2.62. The third-order valence-electron chi connectivity index (χ3n) is 2.19. The van der Waals surface area contributed by atoms with Crippen molar-refractivity contribution in [3.63, 3.8) is 0 Å². The van der Waals surface area contributed by atoms with Crippen molar-refractivity contribution in [1.82, 2.24) is 0 Å². The van der Waals surface area contributed by atoms with Crippen LogP contribution in [0.5, 0.6) is 5.75 Å². The molecule has 1 aromatic carbocycles. The Morgan fingerprint density at radius 2 is 2.11 bits per heavy atom. The molecule has 18 heavy (non-hydrogen) atoms. The number of hydrogen-bond acceptors (Lipinski definition) is 4. The molecular weight excluding hydrogens is 258 g/mol. The maximum absolute atomic E-state index is 11.3. The van der Waals surface area contributed by atoms with Crippen LogP contribution in [-0.2, 0) is 14.3 Å². The quantitative estimate of drug-likeness (QED) is 0.822. The molecule has 5 nitrogen and oxygen atoms in total. The highest BCUT2D eigenvalue weighted by Crippen LogP contribution is 2.20. The highest BCUT2D eigenvalue weighted by atomic mass is 35.5. The van der Waals surface area contributed by atoms with E-state index in [2.05, 4.69) is 0 Å². The number of halogens is 1. The molecule has 0 aliphatic heterocycles. The molecule has 1 rings (SSSR count). The van der Waals surface area contributed by atoms with Gasteiger partial charge in [0.05, 0.1) is 0 Å². The standard InChI is InChI=1S/C12H14ClNO4/c1-7-5-9(3-4-10(7)13)17-6-11(15)18-8(2)12(14)16/h3-5,8H,6H2,1-2H3,(H2,14,16)/t8-/m0/s1. The number of primary amides is 1. The number of nitrogens with two attached hydrogens (primary N) is 1. The molecule has 0 heterocycles. The number of aryl methyl sites for hydroxylation is 1. The Balaban J connectivity index is 2.47. The van der Waals surface area contributed by atoms with Gasteiger partial charge in [0, 0.05) is 5.02 Å². The van der Waals surface area contributed by atoms with Crippen molar-refractivity contribution in [2.45, 2.75) is 20.0 Å². The van der Waals surface area contributed by atoms with Crippen LogP contribution in [0.25, 0.3) is 0 Å². The number of rotatable bonds is 5. The molecule has 0 bridgehead atoms. The first-order valence-electron chi connectivity index (χ1n) is 5.28. The summed E-state index contributed by atoms with van der Waals surface area (Å²) in [5, 5.41) is 0.618. The lowest BCUT2D eigenvalue weighted by Gasteiger charge is -2.10. The second-order valence-electron chi connectivity index (χ2n) is 3.73. The summed E-state index contributed by atoms with van der Waals surface area (Å²) < 4.78 is 9.92. The van der Waals surface area contributed by atoms with Crippen LogP contribution < -0.4 is 10.5 Å². The van der Waals surface area contributed by atoms with Crippen LogP contribution in [-0.4, -0.2) is 24.6 Å². The minimum atomic E-state index is -0.965. The predicted molar refractivity (Wildman–Crippen MR) is 66.4 cm³/mol. The van der Waals surface area contributed by atoms with Crippen molar-refractivity contribution in [1.29, 1.82) is 0 Å². The summed E-state index contributed by atoms with van der Waals surface area (Å²) in [5.74, 6) is -0.861. The van der Waals surface area contributed by atoms with Gasteiger partial charge in [0.25, 0.3) is 5.91 Å². The smallest absolute Gasteiger partial charge is 0.344 e. The fourth-order valence-corrected chi connectivity index (χ4v) is 1.26. The van der Waals surface area contributed by atoms with Crippen LogP contribution in [0.3, 0.4) is 0 Å². The Morgan fingerprint density at radius 3 is 2.67 bits per heavy atom. The van der Waals surface area contributed by atoms with Crippen LogP contribution in [0, 0.1) is 6.92 Å². The van der Waals surface area contributed by atoms with Crippen molar-refractivity contribution in [3.05, 3.63) is 28.8 Å². The second-order valence-corrected chi connectivity index (χ2v) is 4.14. The zero-order chi connectivity index (χ0) is 13.7. The largest absolute Gasteiger partial charge is 0.482 e. The van der Waals surface area contributed by atoms with Gasteiger partial charge in [-0.3, -0.25) is 4.79 Å². The topological polar surface area (TPSA) is 78.6 Å². The van der Waals surface area contributed by atoms with Crippen molar-refractivity contribution < 1.29 is 19.1 Å². The van der Waals surface area contributed by atoms with Crippen LogP contribution in [0.1, 0.15) is 12.5 Å². The van der Waals surface area contributed by atoms with Gasteiger partial charge in [0.2, 0.25) is 0 Å². The first-order valence-corrected chi connectivity index (χ1v) is 5.65. The molecule has 0 radical (unpaired) electrons. The number of carbonyl (C=O) groups excluding carboxylic acids is 2. The number of hydrogen-bond donors (Lipinski definition) is 1. The average Bonchev–Trinajstić information content (AvgIpc) is 2.30. The van der Waals surface area contributed by atoms with E-state index >= 15 is 0 Å². The minimum absolute atomic E-state index is 0.293. The average molecular weight is 272 g/mol. The van der Waals surface area contributed by atoms with E-state index in [1.54, 1.807) is 18.2 Å². The monoisotopic (exact) mass is 271 g/mol. The van der Waals surface area contributed by atoms with Crippen LogP contribution in [0.4, 0.5) is 0 Å². The van der Waals surface area contributed by atoms with Gasteiger partial charge < -0.3 is 15.2 Å². The molecular formula is C12H14ClNO4. The molecule has 1 aromatic rings.